The van der Waals surface area contributed by atoms with Gasteiger partial charge in [-0.15, -0.1) is 0 Å². The van der Waals surface area contributed by atoms with E-state index >= 15 is 0 Å². The number of piperazine rings is 1. The second kappa shape index (κ2) is 8.26. The first-order valence-corrected chi connectivity index (χ1v) is 12.2. The van der Waals surface area contributed by atoms with Gasteiger partial charge in [-0.05, 0) is 69.7 Å². The average Bonchev–Trinajstić information content (AvgIpc) is 3.43. The van der Waals surface area contributed by atoms with E-state index in [4.69, 9.17) is 14.7 Å². The van der Waals surface area contributed by atoms with E-state index < -0.39 is 5.60 Å². The van der Waals surface area contributed by atoms with Crippen LogP contribution in [-0.4, -0.2) is 56.8 Å². The molecule has 1 saturated carbocycles. The molecule has 2 aliphatic rings. The Kier molecular flexibility index (Phi) is 5.47. The fourth-order valence-electron chi connectivity index (χ4n) is 4.86. The van der Waals surface area contributed by atoms with Crippen LogP contribution in [0.1, 0.15) is 58.6 Å². The van der Waals surface area contributed by atoms with Crippen LogP contribution in [-0.2, 0) is 10.2 Å². The molecule has 1 aromatic carbocycles. The smallest absolute Gasteiger partial charge is 0.410 e. The van der Waals surface area contributed by atoms with Crippen molar-refractivity contribution in [2.45, 2.75) is 64.5 Å². The zero-order valence-corrected chi connectivity index (χ0v) is 21.1. The predicted molar refractivity (Wildman–Crippen MR) is 135 cm³/mol. The second-order valence-electron chi connectivity index (χ2n) is 11.0. The van der Waals surface area contributed by atoms with Crippen molar-refractivity contribution in [1.29, 1.82) is 5.26 Å². The number of aromatic nitrogens is 3. The van der Waals surface area contributed by atoms with Gasteiger partial charge in [0.15, 0.2) is 0 Å². The molecular weight excluding hydrogens is 440 g/mol. The third-order valence-electron chi connectivity index (χ3n) is 7.02. The normalized spacial score (nSPS) is 19.5. The number of hydrogen-bond donors (Lipinski definition) is 0. The van der Waals surface area contributed by atoms with Gasteiger partial charge in [-0.1, -0.05) is 13.0 Å². The minimum absolute atomic E-state index is 0.0690. The Morgan fingerprint density at radius 2 is 2.00 bits per heavy atom. The summed E-state index contributed by atoms with van der Waals surface area (Å²) in [5.74, 6) is 0.907. The van der Waals surface area contributed by atoms with Gasteiger partial charge in [0.1, 0.15) is 23.4 Å². The zero-order chi connectivity index (χ0) is 25.0. The third kappa shape index (κ3) is 4.31. The van der Waals surface area contributed by atoms with Crippen LogP contribution >= 0.6 is 0 Å². The highest BCUT2D eigenvalue weighted by molar-refractivity contribution is 5.94. The summed E-state index contributed by atoms with van der Waals surface area (Å²) in [4.78, 5) is 26.2. The molecule has 0 bridgehead atoms. The summed E-state index contributed by atoms with van der Waals surface area (Å²) < 4.78 is 7.68. The summed E-state index contributed by atoms with van der Waals surface area (Å²) in [5.41, 5.74) is 3.19. The molecule has 182 valence electrons. The molecule has 1 saturated heterocycles. The molecule has 0 radical (unpaired) electrons. The molecule has 8 heteroatoms. The van der Waals surface area contributed by atoms with Gasteiger partial charge in [0.2, 0.25) is 0 Å². The SMILES string of the molecule is CC1CN(C(=O)OC(C)(C)C)CCN1c1ncnc2c1c(C1(C)CC1)cn2-c1cccc(C#N)c1. The number of anilines is 1. The Morgan fingerprint density at radius 1 is 1.23 bits per heavy atom. The summed E-state index contributed by atoms with van der Waals surface area (Å²) in [6.07, 6.45) is 5.77. The van der Waals surface area contributed by atoms with E-state index in [2.05, 4.69) is 35.6 Å². The van der Waals surface area contributed by atoms with E-state index in [0.29, 0.717) is 25.2 Å². The molecule has 8 nitrogen and oxygen atoms in total. The molecule has 3 heterocycles. The summed E-state index contributed by atoms with van der Waals surface area (Å²) >= 11 is 0. The quantitative estimate of drug-likeness (QED) is 0.545. The predicted octanol–water partition coefficient (Wildman–Crippen LogP) is 4.79. The molecule has 1 aliphatic carbocycles. The molecule has 1 unspecified atom stereocenters. The maximum absolute atomic E-state index is 12.7. The maximum atomic E-state index is 12.7. The van der Waals surface area contributed by atoms with Gasteiger partial charge in [0.05, 0.1) is 17.0 Å². The average molecular weight is 473 g/mol. The molecule has 2 aromatic heterocycles. The van der Waals surface area contributed by atoms with Gasteiger partial charge < -0.3 is 19.1 Å². The van der Waals surface area contributed by atoms with E-state index in [1.165, 1.54) is 5.56 Å². The van der Waals surface area contributed by atoms with E-state index in [1.807, 2.05) is 45.0 Å². The fraction of sp³-hybridized carbons (Fsp3) is 0.481. The fourth-order valence-corrected chi connectivity index (χ4v) is 4.86. The molecule has 0 N–H and O–H groups in total. The van der Waals surface area contributed by atoms with Crippen molar-refractivity contribution in [3.05, 3.63) is 47.9 Å². The first-order valence-electron chi connectivity index (χ1n) is 12.2. The Balaban J connectivity index is 1.54. The van der Waals surface area contributed by atoms with Crippen LogP contribution in [0.4, 0.5) is 10.6 Å². The highest BCUT2D eigenvalue weighted by atomic mass is 16.6. The summed E-state index contributed by atoms with van der Waals surface area (Å²) in [6, 6.07) is 9.91. The Labute approximate surface area is 206 Å². The highest BCUT2D eigenvalue weighted by Gasteiger charge is 2.43. The molecular formula is C27H32N6O2. The van der Waals surface area contributed by atoms with Crippen LogP contribution in [0.15, 0.2) is 36.8 Å². The lowest BCUT2D eigenvalue weighted by molar-refractivity contribution is 0.0218. The van der Waals surface area contributed by atoms with Crippen LogP contribution in [0.3, 0.4) is 0 Å². The van der Waals surface area contributed by atoms with Crippen molar-refractivity contribution in [3.8, 4) is 11.8 Å². The van der Waals surface area contributed by atoms with Crippen molar-refractivity contribution >= 4 is 22.9 Å². The lowest BCUT2D eigenvalue weighted by Gasteiger charge is -2.41. The Morgan fingerprint density at radius 3 is 2.66 bits per heavy atom. The number of amides is 1. The van der Waals surface area contributed by atoms with Gasteiger partial charge in [-0.25, -0.2) is 14.8 Å². The van der Waals surface area contributed by atoms with Crippen molar-refractivity contribution in [3.63, 3.8) is 0 Å². The minimum atomic E-state index is -0.517. The molecule has 1 aliphatic heterocycles. The maximum Gasteiger partial charge on any atom is 0.410 e. The number of rotatable bonds is 3. The van der Waals surface area contributed by atoms with Gasteiger partial charge >= 0.3 is 6.09 Å². The number of ether oxygens (including phenoxy) is 1. The number of nitriles is 1. The van der Waals surface area contributed by atoms with Gasteiger partial charge in [-0.2, -0.15) is 5.26 Å². The van der Waals surface area contributed by atoms with E-state index in [-0.39, 0.29) is 17.6 Å². The van der Waals surface area contributed by atoms with Crippen LogP contribution in [0.5, 0.6) is 0 Å². The van der Waals surface area contributed by atoms with E-state index in [0.717, 1.165) is 35.4 Å². The van der Waals surface area contributed by atoms with Gasteiger partial charge in [0.25, 0.3) is 0 Å². The van der Waals surface area contributed by atoms with Crippen LogP contribution in [0, 0.1) is 11.3 Å². The summed E-state index contributed by atoms with van der Waals surface area (Å²) in [7, 11) is 0. The molecule has 0 spiro atoms. The van der Waals surface area contributed by atoms with Crippen molar-refractivity contribution < 1.29 is 9.53 Å². The Bertz CT molecular complexity index is 1330. The summed E-state index contributed by atoms with van der Waals surface area (Å²) in [5, 5.41) is 10.5. The first kappa shape index (κ1) is 23.2. The topological polar surface area (TPSA) is 87.3 Å². The van der Waals surface area contributed by atoms with Crippen molar-refractivity contribution in [2.24, 2.45) is 0 Å². The molecule has 5 rings (SSSR count). The number of nitrogens with zero attached hydrogens (tertiary/aromatic N) is 6. The van der Waals surface area contributed by atoms with Gasteiger partial charge in [-0.3, -0.25) is 0 Å². The van der Waals surface area contributed by atoms with E-state index in [1.54, 1.807) is 11.2 Å². The largest absolute Gasteiger partial charge is 0.444 e. The second-order valence-corrected chi connectivity index (χ2v) is 11.0. The number of benzene rings is 1. The van der Waals surface area contributed by atoms with Crippen LogP contribution in [0.2, 0.25) is 0 Å². The minimum Gasteiger partial charge on any atom is -0.444 e. The molecule has 3 aromatic rings. The van der Waals surface area contributed by atoms with Crippen LogP contribution in [0.25, 0.3) is 16.7 Å². The lowest BCUT2D eigenvalue weighted by Crippen LogP contribution is -2.54. The molecule has 35 heavy (non-hydrogen) atoms. The monoisotopic (exact) mass is 472 g/mol. The van der Waals surface area contributed by atoms with Crippen molar-refractivity contribution in [1.82, 2.24) is 19.4 Å². The molecule has 1 atom stereocenters. The molecule has 1 amide bonds. The molecule has 2 fully saturated rings. The summed E-state index contributed by atoms with van der Waals surface area (Å²) in [6.45, 7) is 11.9. The number of fused-ring (bicyclic) bond motifs is 1. The Hall–Kier alpha value is -3.60. The zero-order valence-electron chi connectivity index (χ0n) is 21.1. The van der Waals surface area contributed by atoms with E-state index in [9.17, 15) is 10.1 Å². The number of carbonyl (C=O) groups excluding carboxylic acids is 1. The number of carbonyl (C=O) groups is 1. The number of hydrogen-bond acceptors (Lipinski definition) is 6. The third-order valence-corrected chi connectivity index (χ3v) is 7.02. The lowest BCUT2D eigenvalue weighted by atomic mass is 9.98. The highest BCUT2D eigenvalue weighted by Crippen LogP contribution is 2.52. The standard InChI is InChI=1S/C27H32N6O2/c1-18-15-31(25(34)35-26(2,3)4)11-12-32(18)23-22-21(27(5)9-10-27)16-33(24(22)30-17-29-23)20-8-6-7-19(13-20)14-28/h6-8,13,16-18H,9-12,15H2,1-5H3. The van der Waals surface area contributed by atoms with Gasteiger partial charge in [0, 0.05) is 37.6 Å². The van der Waals surface area contributed by atoms with Crippen molar-refractivity contribution in [2.75, 3.05) is 24.5 Å². The van der Waals surface area contributed by atoms with Crippen LogP contribution < -0.4 is 4.90 Å². The first-order chi connectivity index (χ1) is 16.6.